The molecule has 2 aliphatic rings. The van der Waals surface area contributed by atoms with Crippen LogP contribution in [-0.2, 0) is 30.7 Å². The molecule has 1 unspecified atom stereocenters. The molecule has 2 aromatic rings. The van der Waals surface area contributed by atoms with Crippen LogP contribution >= 0.6 is 0 Å². The van der Waals surface area contributed by atoms with Crippen molar-refractivity contribution in [1.82, 2.24) is 20.1 Å². The first-order valence-electron chi connectivity index (χ1n) is 8.20. The number of para-hydroxylation sites is 1. The number of hydrogen-bond donors (Lipinski definition) is 1. The van der Waals surface area contributed by atoms with Crippen molar-refractivity contribution in [2.24, 2.45) is 5.92 Å². The molecule has 120 valence electrons. The number of amides is 1. The van der Waals surface area contributed by atoms with E-state index in [1.54, 1.807) is 0 Å². The monoisotopic (exact) mass is 312 g/mol. The number of aromatic nitrogens is 3. The Morgan fingerprint density at radius 2 is 2.26 bits per heavy atom. The Labute approximate surface area is 134 Å². The van der Waals surface area contributed by atoms with E-state index < -0.39 is 0 Å². The third-order valence-corrected chi connectivity index (χ3v) is 4.64. The van der Waals surface area contributed by atoms with Crippen molar-refractivity contribution in [1.29, 1.82) is 0 Å². The van der Waals surface area contributed by atoms with Crippen LogP contribution in [0, 0.1) is 5.92 Å². The van der Waals surface area contributed by atoms with E-state index in [0.717, 1.165) is 55.2 Å². The summed E-state index contributed by atoms with van der Waals surface area (Å²) < 4.78 is 7.85. The van der Waals surface area contributed by atoms with Crippen LogP contribution in [0.3, 0.4) is 0 Å². The maximum Gasteiger partial charge on any atom is 0.223 e. The van der Waals surface area contributed by atoms with Gasteiger partial charge in [0.25, 0.3) is 0 Å². The van der Waals surface area contributed by atoms with E-state index in [2.05, 4.69) is 20.1 Å². The highest BCUT2D eigenvalue weighted by Crippen LogP contribution is 2.26. The molecule has 0 fully saturated rings. The third kappa shape index (κ3) is 2.81. The van der Waals surface area contributed by atoms with Crippen LogP contribution < -0.4 is 10.1 Å². The summed E-state index contributed by atoms with van der Waals surface area (Å²) in [5.74, 6) is 2.81. The first-order valence-corrected chi connectivity index (χ1v) is 8.20. The van der Waals surface area contributed by atoms with Gasteiger partial charge >= 0.3 is 0 Å². The molecule has 0 saturated heterocycles. The first kappa shape index (κ1) is 14.2. The Morgan fingerprint density at radius 1 is 1.35 bits per heavy atom. The zero-order valence-corrected chi connectivity index (χ0v) is 13.0. The molecule has 6 nitrogen and oxygen atoms in total. The van der Waals surface area contributed by atoms with Crippen molar-refractivity contribution >= 4 is 5.91 Å². The molecule has 1 aromatic heterocycles. The molecule has 0 saturated carbocycles. The number of hydrogen-bond acceptors (Lipinski definition) is 4. The highest BCUT2D eigenvalue weighted by molar-refractivity contribution is 5.79. The normalized spacial score (nSPS) is 19.4. The van der Waals surface area contributed by atoms with Gasteiger partial charge < -0.3 is 14.6 Å². The minimum Gasteiger partial charge on any atom is -0.493 e. The number of nitrogens with zero attached hydrogens (tertiary/aromatic N) is 3. The molecule has 0 radical (unpaired) electrons. The number of carbonyl (C=O) groups excluding carboxylic acids is 1. The molecule has 6 heteroatoms. The number of fused-ring (bicyclic) bond motifs is 2. The van der Waals surface area contributed by atoms with Gasteiger partial charge in [-0.2, -0.15) is 0 Å². The van der Waals surface area contributed by atoms with Gasteiger partial charge in [-0.1, -0.05) is 18.2 Å². The largest absolute Gasteiger partial charge is 0.493 e. The molecule has 1 amide bonds. The topological polar surface area (TPSA) is 69.0 Å². The predicted molar refractivity (Wildman–Crippen MR) is 83.9 cm³/mol. The summed E-state index contributed by atoms with van der Waals surface area (Å²) in [4.78, 5) is 12.5. The van der Waals surface area contributed by atoms with Crippen LogP contribution in [0.15, 0.2) is 24.3 Å². The van der Waals surface area contributed by atoms with E-state index in [9.17, 15) is 4.79 Å². The van der Waals surface area contributed by atoms with Crippen LogP contribution in [0.2, 0.25) is 0 Å². The maximum atomic E-state index is 12.5. The summed E-state index contributed by atoms with van der Waals surface area (Å²) in [5, 5.41) is 11.4. The van der Waals surface area contributed by atoms with Crippen molar-refractivity contribution in [2.45, 2.75) is 38.8 Å². The fourth-order valence-corrected chi connectivity index (χ4v) is 3.37. The fraction of sp³-hybridized carbons (Fsp3) is 0.471. The van der Waals surface area contributed by atoms with Crippen LogP contribution in [0.25, 0.3) is 0 Å². The molecule has 0 aliphatic carbocycles. The van der Waals surface area contributed by atoms with E-state index in [0.29, 0.717) is 13.2 Å². The van der Waals surface area contributed by atoms with Gasteiger partial charge in [0.1, 0.15) is 11.6 Å². The molecule has 1 atom stereocenters. The summed E-state index contributed by atoms with van der Waals surface area (Å²) in [7, 11) is 0. The fourth-order valence-electron chi connectivity index (χ4n) is 3.37. The summed E-state index contributed by atoms with van der Waals surface area (Å²) >= 11 is 0. The summed E-state index contributed by atoms with van der Waals surface area (Å²) in [5.41, 5.74) is 1.11. The summed E-state index contributed by atoms with van der Waals surface area (Å²) in [6.45, 7) is 1.98. The number of benzene rings is 1. The quantitative estimate of drug-likeness (QED) is 0.932. The molecular formula is C17H20N4O2. The molecular weight excluding hydrogens is 292 g/mol. The van der Waals surface area contributed by atoms with Gasteiger partial charge in [0.15, 0.2) is 5.82 Å². The number of rotatable bonds is 3. The van der Waals surface area contributed by atoms with Crippen molar-refractivity contribution in [3.05, 3.63) is 41.5 Å². The average molecular weight is 312 g/mol. The van der Waals surface area contributed by atoms with E-state index in [-0.39, 0.29) is 11.8 Å². The highest BCUT2D eigenvalue weighted by atomic mass is 16.5. The molecule has 0 bridgehead atoms. The van der Waals surface area contributed by atoms with E-state index in [1.807, 2.05) is 24.3 Å². The number of aryl methyl sites for hydroxylation is 1. The van der Waals surface area contributed by atoms with Crippen LogP contribution in [0.1, 0.15) is 30.1 Å². The predicted octanol–water partition coefficient (Wildman–Crippen LogP) is 1.48. The highest BCUT2D eigenvalue weighted by Gasteiger charge is 2.24. The Bertz CT molecular complexity index is 725. The molecule has 4 rings (SSSR count). The van der Waals surface area contributed by atoms with Gasteiger partial charge in [-0.3, -0.25) is 4.79 Å². The molecule has 23 heavy (non-hydrogen) atoms. The minimum absolute atomic E-state index is 0.0559. The molecule has 1 N–H and O–H groups in total. The lowest BCUT2D eigenvalue weighted by Gasteiger charge is -2.13. The van der Waals surface area contributed by atoms with Crippen LogP contribution in [0.4, 0.5) is 0 Å². The van der Waals surface area contributed by atoms with E-state index in [1.165, 1.54) is 0 Å². The first-order chi connectivity index (χ1) is 11.3. The number of nitrogens with one attached hydrogen (secondary N) is 1. The van der Waals surface area contributed by atoms with Crippen LogP contribution in [0.5, 0.6) is 5.75 Å². The van der Waals surface area contributed by atoms with Gasteiger partial charge in [0.2, 0.25) is 5.91 Å². The van der Waals surface area contributed by atoms with Crippen molar-refractivity contribution in [2.75, 3.05) is 6.61 Å². The summed E-state index contributed by atoms with van der Waals surface area (Å²) in [6, 6.07) is 7.95. The lowest BCUT2D eigenvalue weighted by Crippen LogP contribution is -2.32. The second-order valence-electron chi connectivity index (χ2n) is 6.15. The Hall–Kier alpha value is -2.37. The summed E-state index contributed by atoms with van der Waals surface area (Å²) in [6.07, 6.45) is 3.55. The number of carbonyl (C=O) groups is 1. The smallest absolute Gasteiger partial charge is 0.223 e. The Kier molecular flexibility index (Phi) is 3.73. The molecule has 0 spiro atoms. The third-order valence-electron chi connectivity index (χ3n) is 4.64. The lowest BCUT2D eigenvalue weighted by molar-refractivity contribution is -0.125. The second-order valence-corrected chi connectivity index (χ2v) is 6.15. The van der Waals surface area contributed by atoms with E-state index in [4.69, 9.17) is 4.74 Å². The molecule has 2 aliphatic heterocycles. The van der Waals surface area contributed by atoms with Gasteiger partial charge in [-0.15, -0.1) is 10.2 Å². The SMILES string of the molecule is O=C(NCc1nnc2n1CCC2)C1CCOc2ccccc2C1. The second kappa shape index (κ2) is 6.02. The van der Waals surface area contributed by atoms with Crippen LogP contribution in [-0.4, -0.2) is 27.3 Å². The lowest BCUT2D eigenvalue weighted by atomic mass is 9.96. The average Bonchev–Trinajstić information content (AvgIpc) is 3.10. The van der Waals surface area contributed by atoms with Gasteiger partial charge in [0, 0.05) is 18.9 Å². The van der Waals surface area contributed by atoms with Gasteiger partial charge in [0.05, 0.1) is 13.2 Å². The minimum atomic E-state index is -0.0559. The standard InChI is InChI=1S/C17H20N4O2/c22-17(18-11-16-20-19-15-6-3-8-21(15)16)13-7-9-23-14-5-2-1-4-12(14)10-13/h1-2,4-5,13H,3,6-11H2,(H,18,22). The van der Waals surface area contributed by atoms with Gasteiger partial charge in [-0.25, -0.2) is 0 Å². The number of ether oxygens (including phenoxy) is 1. The Morgan fingerprint density at radius 3 is 3.22 bits per heavy atom. The van der Waals surface area contributed by atoms with Crippen molar-refractivity contribution < 1.29 is 9.53 Å². The van der Waals surface area contributed by atoms with Crippen molar-refractivity contribution in [3.8, 4) is 5.75 Å². The van der Waals surface area contributed by atoms with Gasteiger partial charge in [-0.05, 0) is 30.9 Å². The Balaban J connectivity index is 1.41. The van der Waals surface area contributed by atoms with E-state index >= 15 is 0 Å². The zero-order chi connectivity index (χ0) is 15.6. The van der Waals surface area contributed by atoms with Crippen molar-refractivity contribution in [3.63, 3.8) is 0 Å². The zero-order valence-electron chi connectivity index (χ0n) is 13.0. The maximum absolute atomic E-state index is 12.5. The molecule has 3 heterocycles. The molecule has 1 aromatic carbocycles.